The van der Waals surface area contributed by atoms with E-state index in [4.69, 9.17) is 4.74 Å². The van der Waals surface area contributed by atoms with Crippen LogP contribution >= 0.6 is 0 Å². The number of pyridine rings is 2. The Morgan fingerprint density at radius 1 is 1.11 bits per heavy atom. The van der Waals surface area contributed by atoms with Crippen molar-refractivity contribution in [1.29, 1.82) is 0 Å². The summed E-state index contributed by atoms with van der Waals surface area (Å²) in [5.74, 6) is 0.296. The van der Waals surface area contributed by atoms with E-state index >= 15 is 0 Å². The van der Waals surface area contributed by atoms with Gasteiger partial charge in [-0.15, -0.1) is 0 Å². The SMILES string of the molecule is CC(C)=C(Nc1ccc(N2CCN(C(=O)OC(C)(C)C)CC2)cn1)c1cc(F)c2nc(C)cn2c1. The number of amides is 1. The molecule has 0 aliphatic carbocycles. The van der Waals surface area contributed by atoms with Crippen molar-refractivity contribution >= 4 is 28.9 Å². The Morgan fingerprint density at radius 2 is 1.83 bits per heavy atom. The molecule has 4 rings (SSSR count). The number of nitrogens with zero attached hydrogens (tertiary/aromatic N) is 5. The Morgan fingerprint density at radius 3 is 2.43 bits per heavy atom. The molecule has 1 fully saturated rings. The number of carbonyl (C=O) groups excluding carboxylic acids is 1. The maximum absolute atomic E-state index is 14.7. The quantitative estimate of drug-likeness (QED) is 0.560. The van der Waals surface area contributed by atoms with Gasteiger partial charge in [0.1, 0.15) is 11.4 Å². The molecule has 35 heavy (non-hydrogen) atoms. The van der Waals surface area contributed by atoms with Crippen molar-refractivity contribution in [2.75, 3.05) is 36.4 Å². The Kier molecular flexibility index (Phi) is 6.69. The molecule has 3 aromatic heterocycles. The minimum atomic E-state index is -0.500. The fourth-order valence-corrected chi connectivity index (χ4v) is 4.05. The number of fused-ring (bicyclic) bond motifs is 1. The minimum absolute atomic E-state index is 0.274. The topological polar surface area (TPSA) is 75.0 Å². The monoisotopic (exact) mass is 480 g/mol. The number of hydrogen-bond acceptors (Lipinski definition) is 6. The highest BCUT2D eigenvalue weighted by Gasteiger charge is 2.26. The summed E-state index contributed by atoms with van der Waals surface area (Å²) in [7, 11) is 0. The third kappa shape index (κ3) is 5.72. The van der Waals surface area contributed by atoms with Crippen molar-refractivity contribution in [3.05, 3.63) is 59.4 Å². The summed E-state index contributed by atoms with van der Waals surface area (Å²) in [6.07, 6.45) is 5.22. The molecule has 0 radical (unpaired) electrons. The van der Waals surface area contributed by atoms with E-state index in [1.807, 2.05) is 66.1 Å². The van der Waals surface area contributed by atoms with Crippen LogP contribution in [0.15, 0.2) is 42.4 Å². The minimum Gasteiger partial charge on any atom is -0.444 e. The smallest absolute Gasteiger partial charge is 0.410 e. The molecule has 1 aliphatic heterocycles. The number of nitrogens with one attached hydrogen (secondary N) is 1. The largest absolute Gasteiger partial charge is 0.444 e. The second-order valence-corrected chi connectivity index (χ2v) is 10.0. The molecule has 1 N–H and O–H groups in total. The van der Waals surface area contributed by atoms with Crippen LogP contribution in [-0.4, -0.2) is 57.1 Å². The average molecular weight is 481 g/mol. The first-order valence-electron chi connectivity index (χ1n) is 11.8. The molecular weight excluding hydrogens is 447 g/mol. The van der Waals surface area contributed by atoms with E-state index in [0.717, 1.165) is 28.2 Å². The molecule has 0 unspecified atom stereocenters. The molecule has 8 nitrogen and oxygen atoms in total. The summed E-state index contributed by atoms with van der Waals surface area (Å²) in [6.45, 7) is 14.0. The highest BCUT2D eigenvalue weighted by atomic mass is 19.1. The van der Waals surface area contributed by atoms with Crippen LogP contribution in [0.3, 0.4) is 0 Å². The molecule has 0 atom stereocenters. The third-order valence-corrected chi connectivity index (χ3v) is 5.71. The van der Waals surface area contributed by atoms with Crippen molar-refractivity contribution in [2.24, 2.45) is 0 Å². The zero-order chi connectivity index (χ0) is 25.3. The Hall–Kier alpha value is -3.62. The Labute approximate surface area is 205 Å². The molecule has 0 bridgehead atoms. The summed E-state index contributed by atoms with van der Waals surface area (Å²) < 4.78 is 21.8. The number of allylic oxidation sites excluding steroid dienone is 1. The van der Waals surface area contributed by atoms with Crippen LogP contribution in [0.4, 0.5) is 20.7 Å². The molecule has 0 saturated carbocycles. The van der Waals surface area contributed by atoms with Crippen LogP contribution in [0.2, 0.25) is 0 Å². The van der Waals surface area contributed by atoms with E-state index in [1.165, 1.54) is 6.07 Å². The van der Waals surface area contributed by atoms with Crippen molar-refractivity contribution in [3.8, 4) is 0 Å². The zero-order valence-corrected chi connectivity index (χ0v) is 21.2. The molecule has 0 spiro atoms. The van der Waals surface area contributed by atoms with Crippen LogP contribution in [0.25, 0.3) is 11.3 Å². The Bertz CT molecular complexity index is 1250. The van der Waals surface area contributed by atoms with Crippen molar-refractivity contribution < 1.29 is 13.9 Å². The van der Waals surface area contributed by atoms with Crippen LogP contribution in [0, 0.1) is 12.7 Å². The molecule has 186 valence electrons. The number of imidazole rings is 1. The van der Waals surface area contributed by atoms with Gasteiger partial charge in [0.05, 0.1) is 17.6 Å². The predicted molar refractivity (Wildman–Crippen MR) is 136 cm³/mol. The maximum atomic E-state index is 14.7. The lowest BCUT2D eigenvalue weighted by Crippen LogP contribution is -2.50. The number of halogens is 1. The summed E-state index contributed by atoms with van der Waals surface area (Å²) in [4.78, 5) is 25.1. The summed E-state index contributed by atoms with van der Waals surface area (Å²) in [6, 6.07) is 5.41. The molecule has 1 aliphatic rings. The third-order valence-electron chi connectivity index (χ3n) is 5.71. The molecule has 9 heteroatoms. The van der Waals surface area contributed by atoms with Crippen LogP contribution in [-0.2, 0) is 4.74 Å². The van der Waals surface area contributed by atoms with Crippen LogP contribution in [0.1, 0.15) is 45.9 Å². The van der Waals surface area contributed by atoms with E-state index in [9.17, 15) is 9.18 Å². The van der Waals surface area contributed by atoms with Crippen LogP contribution < -0.4 is 10.2 Å². The van der Waals surface area contributed by atoms with Crippen molar-refractivity contribution in [1.82, 2.24) is 19.3 Å². The number of hydrogen-bond donors (Lipinski definition) is 1. The lowest BCUT2D eigenvalue weighted by molar-refractivity contribution is 0.0240. The first-order chi connectivity index (χ1) is 16.5. The van der Waals surface area contributed by atoms with Crippen LogP contribution in [0.5, 0.6) is 0 Å². The number of aromatic nitrogens is 3. The van der Waals surface area contributed by atoms with Gasteiger partial charge in [-0.05, 0) is 59.7 Å². The van der Waals surface area contributed by atoms with E-state index in [2.05, 4.69) is 20.2 Å². The van der Waals surface area contributed by atoms with Gasteiger partial charge in [0.15, 0.2) is 11.5 Å². The van der Waals surface area contributed by atoms with Gasteiger partial charge in [-0.2, -0.15) is 0 Å². The standard InChI is InChI=1S/C26H33FN6O2/c1-17(2)23(19-13-21(27)24-29-18(3)15-33(24)16-19)30-22-8-7-20(14-28-22)31-9-11-32(12-10-31)25(34)35-26(4,5)6/h7-8,13-16H,9-12H2,1-6H3,(H,28,30). The normalized spacial score (nSPS) is 14.3. The van der Waals surface area contributed by atoms with Gasteiger partial charge < -0.3 is 24.3 Å². The molecule has 4 heterocycles. The fourth-order valence-electron chi connectivity index (χ4n) is 4.05. The van der Waals surface area contributed by atoms with E-state index in [-0.39, 0.29) is 11.9 Å². The molecule has 1 amide bonds. The highest BCUT2D eigenvalue weighted by Crippen LogP contribution is 2.25. The van der Waals surface area contributed by atoms with Gasteiger partial charge >= 0.3 is 6.09 Å². The van der Waals surface area contributed by atoms with Gasteiger partial charge in [-0.25, -0.2) is 19.2 Å². The van der Waals surface area contributed by atoms with E-state index in [0.29, 0.717) is 37.6 Å². The van der Waals surface area contributed by atoms with Crippen molar-refractivity contribution in [3.63, 3.8) is 0 Å². The zero-order valence-electron chi connectivity index (χ0n) is 21.2. The lowest BCUT2D eigenvalue weighted by Gasteiger charge is -2.36. The maximum Gasteiger partial charge on any atom is 0.410 e. The number of piperazine rings is 1. The predicted octanol–water partition coefficient (Wildman–Crippen LogP) is 5.10. The summed E-state index contributed by atoms with van der Waals surface area (Å²) >= 11 is 0. The number of ether oxygens (including phenoxy) is 1. The molecule has 3 aromatic rings. The van der Waals surface area contributed by atoms with Crippen molar-refractivity contribution in [2.45, 2.75) is 47.1 Å². The van der Waals surface area contributed by atoms with Gasteiger partial charge in [-0.3, -0.25) is 0 Å². The van der Waals surface area contributed by atoms with Gasteiger partial charge in [0, 0.05) is 49.8 Å². The second-order valence-electron chi connectivity index (χ2n) is 10.0. The van der Waals surface area contributed by atoms with Gasteiger partial charge in [0.2, 0.25) is 0 Å². The lowest BCUT2D eigenvalue weighted by atomic mass is 10.1. The first kappa shape index (κ1) is 24.5. The number of carbonyl (C=O) groups is 1. The van der Waals surface area contributed by atoms with Gasteiger partial charge in [-0.1, -0.05) is 5.57 Å². The Balaban J connectivity index is 1.43. The average Bonchev–Trinajstić information content (AvgIpc) is 3.17. The molecule has 1 saturated heterocycles. The number of aryl methyl sites for hydroxylation is 1. The number of rotatable bonds is 4. The second kappa shape index (κ2) is 9.56. The van der Waals surface area contributed by atoms with Gasteiger partial charge in [0.25, 0.3) is 0 Å². The summed E-state index contributed by atoms with van der Waals surface area (Å²) in [5, 5.41) is 3.35. The molecular formula is C26H33FN6O2. The molecule has 0 aromatic carbocycles. The first-order valence-corrected chi connectivity index (χ1v) is 11.8. The summed E-state index contributed by atoms with van der Waals surface area (Å²) in [5.41, 5.74) is 4.08. The number of anilines is 2. The fraction of sp³-hybridized carbons (Fsp3) is 0.423. The highest BCUT2D eigenvalue weighted by molar-refractivity contribution is 5.78. The van der Waals surface area contributed by atoms with E-state index < -0.39 is 5.60 Å². The van der Waals surface area contributed by atoms with E-state index in [1.54, 1.807) is 15.5 Å².